The highest BCUT2D eigenvalue weighted by Gasteiger charge is 2.39. The fourth-order valence-electron chi connectivity index (χ4n) is 11.5. The van der Waals surface area contributed by atoms with Crippen LogP contribution >= 0.6 is 0 Å². The van der Waals surface area contributed by atoms with Crippen LogP contribution in [0.3, 0.4) is 0 Å². The molecule has 33 nitrogen and oxygen atoms in total. The molecule has 0 bridgehead atoms. The number of hydrogen-bond donors (Lipinski definition) is 20. The van der Waals surface area contributed by atoms with Crippen molar-refractivity contribution in [1.29, 1.82) is 0 Å². The lowest BCUT2D eigenvalue weighted by Gasteiger charge is -2.30. The summed E-state index contributed by atoms with van der Waals surface area (Å²) in [5.41, 5.74) is 30.8. The maximum Gasteiger partial charge on any atom is 0.326 e. The summed E-state index contributed by atoms with van der Waals surface area (Å²) in [7, 11) is 0. The lowest BCUT2D eigenvalue weighted by atomic mass is 9.98. The second kappa shape index (κ2) is 49.4. The molecule has 14 atom stereocenters. The van der Waals surface area contributed by atoms with Crippen molar-refractivity contribution in [2.24, 2.45) is 46.4 Å². The predicted molar refractivity (Wildman–Crippen MR) is 410 cm³/mol. The van der Waals surface area contributed by atoms with Gasteiger partial charge in [-0.1, -0.05) is 121 Å². The van der Waals surface area contributed by atoms with E-state index in [9.17, 15) is 77.6 Å². The van der Waals surface area contributed by atoms with Crippen molar-refractivity contribution in [2.45, 2.75) is 243 Å². The molecular weight excluding hydrogens is 1410 g/mol. The molecule has 0 aromatic heterocycles. The number of aliphatic carboxylic acids is 1. The highest BCUT2D eigenvalue weighted by atomic mass is 16.4. The molecule has 0 aliphatic rings. The van der Waals surface area contributed by atoms with Crippen LogP contribution in [0.25, 0.3) is 0 Å². The van der Waals surface area contributed by atoms with Crippen LogP contribution in [0.5, 0.6) is 5.75 Å². The van der Waals surface area contributed by atoms with E-state index < -0.39 is 179 Å². The van der Waals surface area contributed by atoms with Gasteiger partial charge in [0.05, 0.1) is 12.1 Å². The highest BCUT2D eigenvalue weighted by Crippen LogP contribution is 2.17. The monoisotopic (exact) mass is 1530 g/mol. The zero-order valence-corrected chi connectivity index (χ0v) is 64.4. The number of carbonyl (C=O) groups is 13. The molecule has 33 heteroatoms. The van der Waals surface area contributed by atoms with Crippen LogP contribution in [-0.4, -0.2) is 203 Å². The van der Waals surface area contributed by atoms with Crippen molar-refractivity contribution >= 4 is 76.9 Å². The molecule has 12 amide bonds. The Bertz CT molecular complexity index is 3390. The van der Waals surface area contributed by atoms with Crippen molar-refractivity contribution < 1.29 is 77.6 Å². The average molecular weight is 1530 g/mol. The van der Waals surface area contributed by atoms with Crippen molar-refractivity contribution in [1.82, 2.24) is 63.8 Å². The molecule has 0 heterocycles. The topological polar surface area (TPSA) is 557 Å². The van der Waals surface area contributed by atoms with Crippen LogP contribution < -0.4 is 92.5 Å². The van der Waals surface area contributed by atoms with Gasteiger partial charge in [-0.3, -0.25) is 57.5 Å². The quantitative estimate of drug-likeness (QED) is 0.0288. The summed E-state index contributed by atoms with van der Waals surface area (Å²) < 4.78 is 0. The number of phenolic OH excluding ortho intramolecular Hbond substituents is 1. The summed E-state index contributed by atoms with van der Waals surface area (Å²) in [4.78, 5) is 182. The summed E-state index contributed by atoms with van der Waals surface area (Å²) in [5, 5.41) is 62.7. The Morgan fingerprint density at radius 3 is 0.972 bits per heavy atom. The Morgan fingerprint density at radius 1 is 0.312 bits per heavy atom. The number of unbranched alkanes of at least 4 members (excludes halogenated alkanes) is 4. The number of carbonyl (C=O) groups excluding carboxylic acids is 12. The Morgan fingerprint density at radius 2 is 0.587 bits per heavy atom. The van der Waals surface area contributed by atoms with Crippen LogP contribution in [0, 0.1) is 17.8 Å². The molecule has 3 rings (SSSR count). The number of carboxylic acid groups (broad SMARTS) is 1. The second-order valence-corrected chi connectivity index (χ2v) is 28.6. The van der Waals surface area contributed by atoms with E-state index in [1.807, 2.05) is 0 Å². The van der Waals surface area contributed by atoms with Crippen LogP contribution in [0.4, 0.5) is 0 Å². The normalized spacial score (nSPS) is 15.2. The Labute approximate surface area is 638 Å². The first-order valence-electron chi connectivity index (χ1n) is 37.6. The fraction of sp³-hybridized carbons (Fsp3) is 0.592. The van der Waals surface area contributed by atoms with E-state index in [1.54, 1.807) is 102 Å². The zero-order valence-electron chi connectivity index (χ0n) is 64.4. The summed E-state index contributed by atoms with van der Waals surface area (Å²) in [6.45, 7) is 14.8. The minimum atomic E-state index is -1.79. The van der Waals surface area contributed by atoms with E-state index in [4.69, 9.17) is 28.7 Å². The van der Waals surface area contributed by atoms with Gasteiger partial charge in [-0.15, -0.1) is 0 Å². The molecular formula is C76H121N17O16. The minimum absolute atomic E-state index is 0.0631. The van der Waals surface area contributed by atoms with Crippen molar-refractivity contribution in [3.05, 3.63) is 102 Å². The number of phenols is 1. The largest absolute Gasteiger partial charge is 0.508 e. The molecule has 0 saturated heterocycles. The first-order valence-corrected chi connectivity index (χ1v) is 37.6. The van der Waals surface area contributed by atoms with E-state index >= 15 is 0 Å². The number of aromatic hydroxyl groups is 1. The fourth-order valence-corrected chi connectivity index (χ4v) is 11.5. The summed E-state index contributed by atoms with van der Waals surface area (Å²) in [6, 6.07) is 5.42. The number of hydrogen-bond acceptors (Lipinski definition) is 20. The van der Waals surface area contributed by atoms with Crippen molar-refractivity contribution in [2.75, 3.05) is 26.2 Å². The highest BCUT2D eigenvalue weighted by molar-refractivity contribution is 6.00. The summed E-state index contributed by atoms with van der Waals surface area (Å²) >= 11 is 0. The molecule has 0 unspecified atom stereocenters. The molecule has 3 aromatic carbocycles. The molecule has 25 N–H and O–H groups in total. The number of rotatable bonds is 51. The third-order valence-corrected chi connectivity index (χ3v) is 18.2. The van der Waals surface area contributed by atoms with Crippen LogP contribution in [0.1, 0.15) is 156 Å². The number of amides is 12. The van der Waals surface area contributed by atoms with Gasteiger partial charge in [-0.2, -0.15) is 0 Å². The van der Waals surface area contributed by atoms with Crippen LogP contribution in [0.2, 0.25) is 0 Å². The van der Waals surface area contributed by atoms with E-state index in [1.165, 1.54) is 45.0 Å². The smallest absolute Gasteiger partial charge is 0.326 e. The van der Waals surface area contributed by atoms with Crippen LogP contribution in [-0.2, 0) is 81.6 Å². The van der Waals surface area contributed by atoms with E-state index in [0.29, 0.717) is 87.6 Å². The first-order chi connectivity index (χ1) is 51.7. The molecule has 0 radical (unpaired) electrons. The standard InChI is InChI=1S/C76H121N17O16/c1-43(2)60(92-74(106)62(45(5)6)90-69(101)56(31-19-23-39-80)86-68(100)55(30-18-22-38-79)85-67(99)54(29-17-21-37-78)84-66(98)53(81)28-16-20-36-77)72(104)83-46(7)64(96)82-47(8)65(97)93-63(48(9)94)75(107)88-58(41-51-32-34-52(95)35-33-51)71(103)91-61(44(3)4)73(105)87-57(40-49-24-12-10-13-25-49)70(102)89-59(76(108)109)42-50-26-14-11-15-27-50/h10-15,24-27,32-35,43-48,53-63,94-95H,16-23,28-31,36-42,77-81H2,1-9H3,(H,82,96)(H,83,104)(H,84,98)(H,85,99)(H,86,100)(H,87,105)(H,88,107)(H,89,102)(H,90,101)(H,91,103)(H,92,106)(H,93,97)(H,108,109)/t46-,47-,48+,53-,54-,55-,56-,57-,58-,59-,60-,61-,62-,63-/m0/s1. The maximum absolute atomic E-state index is 14.5. The molecule has 0 saturated carbocycles. The second-order valence-electron chi connectivity index (χ2n) is 28.6. The van der Waals surface area contributed by atoms with Gasteiger partial charge >= 0.3 is 5.97 Å². The Hall–Kier alpha value is -9.67. The molecule has 0 spiro atoms. The lowest BCUT2D eigenvalue weighted by Crippen LogP contribution is -2.62. The summed E-state index contributed by atoms with van der Waals surface area (Å²) in [6.07, 6.45) is 2.60. The van der Waals surface area contributed by atoms with Crippen molar-refractivity contribution in [3.63, 3.8) is 0 Å². The molecule has 0 fully saturated rings. The van der Waals surface area contributed by atoms with E-state index in [0.717, 1.165) is 0 Å². The van der Waals surface area contributed by atoms with Gasteiger partial charge in [0.1, 0.15) is 78.3 Å². The van der Waals surface area contributed by atoms with Gasteiger partial charge in [0, 0.05) is 19.3 Å². The number of carboxylic acids is 1. The molecule has 3 aromatic rings. The summed E-state index contributed by atoms with van der Waals surface area (Å²) in [5.74, 6) is -13.3. The third-order valence-electron chi connectivity index (χ3n) is 18.2. The van der Waals surface area contributed by atoms with Crippen molar-refractivity contribution in [3.8, 4) is 5.75 Å². The number of aliphatic hydroxyl groups is 1. The molecule has 109 heavy (non-hydrogen) atoms. The van der Waals surface area contributed by atoms with E-state index in [2.05, 4.69) is 63.8 Å². The number of benzene rings is 3. The number of nitrogens with two attached hydrogens (primary N) is 5. The third kappa shape index (κ3) is 33.8. The average Bonchev–Trinajstić information content (AvgIpc) is 0.849. The van der Waals surface area contributed by atoms with Gasteiger partial charge in [0.2, 0.25) is 70.9 Å². The molecule has 0 aliphatic heterocycles. The maximum atomic E-state index is 14.5. The van der Waals surface area contributed by atoms with Gasteiger partial charge in [-0.25, -0.2) is 4.79 Å². The Kier molecular flexibility index (Phi) is 42.4. The first kappa shape index (κ1) is 93.5. The molecule has 606 valence electrons. The van der Waals surface area contributed by atoms with Gasteiger partial charge < -0.3 is 108 Å². The SMILES string of the molecule is CC(C)[C@H](NC(=O)[C@H](Cc1ccc(O)cc1)NC(=O)[C@@H](NC(=O)[C@H](C)NC(=O)[C@H](C)NC(=O)[C@@H](NC(=O)[C@@H](NC(=O)[C@H](CCCCN)NC(=O)[C@H](CCCCN)NC(=O)[C@H](CCCCN)NC(=O)[C@@H](N)CCCCN)C(C)C)C(C)C)[C@@H](C)O)C(=O)N[C@@H](Cc1ccccc1)C(=O)N[C@@H](Cc1ccccc1)C(=O)O. The Balaban J connectivity index is 1.79. The number of nitrogens with one attached hydrogen (secondary N) is 12. The van der Waals surface area contributed by atoms with E-state index in [-0.39, 0.29) is 57.4 Å². The predicted octanol–water partition coefficient (Wildman–Crippen LogP) is -1.45. The van der Waals surface area contributed by atoms with Crippen LogP contribution in [0.15, 0.2) is 84.9 Å². The van der Waals surface area contributed by atoms with Gasteiger partial charge in [-0.05, 0) is 164 Å². The zero-order chi connectivity index (χ0) is 81.4. The molecule has 0 aliphatic carbocycles. The van der Waals surface area contributed by atoms with Gasteiger partial charge in [0.25, 0.3) is 0 Å². The lowest BCUT2D eigenvalue weighted by molar-refractivity contribution is -0.142. The number of aliphatic hydroxyl groups excluding tert-OH is 1. The minimum Gasteiger partial charge on any atom is -0.508 e. The van der Waals surface area contributed by atoms with Gasteiger partial charge in [0.15, 0.2) is 0 Å².